The van der Waals surface area contributed by atoms with E-state index in [0.717, 1.165) is 31.6 Å². The quantitative estimate of drug-likeness (QED) is 0.845. The summed E-state index contributed by atoms with van der Waals surface area (Å²) < 4.78 is 1.70. The van der Waals surface area contributed by atoms with Crippen LogP contribution in [0.2, 0.25) is 0 Å². The largest absolute Gasteiger partial charge is 0.328 e. The molecule has 1 aromatic rings. The van der Waals surface area contributed by atoms with Crippen molar-refractivity contribution in [3.05, 3.63) is 17.5 Å². The molecule has 0 amide bonds. The fourth-order valence-electron chi connectivity index (χ4n) is 3.08. The minimum atomic E-state index is -0.0719. The van der Waals surface area contributed by atoms with Crippen LogP contribution in [-0.4, -0.2) is 45.6 Å². The van der Waals surface area contributed by atoms with E-state index in [9.17, 15) is 4.79 Å². The summed E-state index contributed by atoms with van der Waals surface area (Å²) in [5, 5.41) is 4.29. The third-order valence-corrected chi connectivity index (χ3v) is 4.12. The Kier molecular flexibility index (Phi) is 4.60. The molecule has 2 rings (SSSR count). The zero-order chi connectivity index (χ0) is 14.9. The molecule has 0 aromatic carbocycles. The Morgan fingerprint density at radius 3 is 2.45 bits per heavy atom. The van der Waals surface area contributed by atoms with Crippen molar-refractivity contribution in [3.63, 3.8) is 0 Å². The van der Waals surface area contributed by atoms with Gasteiger partial charge in [-0.25, -0.2) is 0 Å². The van der Waals surface area contributed by atoms with Gasteiger partial charge in [0.25, 0.3) is 0 Å². The van der Waals surface area contributed by atoms with Crippen molar-refractivity contribution < 1.29 is 4.79 Å². The summed E-state index contributed by atoms with van der Waals surface area (Å²) >= 11 is 0. The van der Waals surface area contributed by atoms with Crippen LogP contribution in [0, 0.1) is 12.8 Å². The third-order valence-electron chi connectivity index (χ3n) is 4.12. The highest BCUT2D eigenvalue weighted by atomic mass is 16.1. The number of aryl methyl sites for hydroxylation is 2. The number of hydrogen-bond donors (Lipinski definition) is 1. The second-order valence-electron chi connectivity index (χ2n) is 6.22. The van der Waals surface area contributed by atoms with Crippen LogP contribution >= 0.6 is 0 Å². The molecule has 1 fully saturated rings. The predicted octanol–water partition coefficient (Wildman–Crippen LogP) is 1.36. The molecule has 1 unspecified atom stereocenters. The zero-order valence-electron chi connectivity index (χ0n) is 13.0. The zero-order valence-corrected chi connectivity index (χ0v) is 13.0. The molecule has 112 valence electrons. The Morgan fingerprint density at radius 1 is 1.40 bits per heavy atom. The van der Waals surface area contributed by atoms with Crippen LogP contribution in [0.1, 0.15) is 42.9 Å². The highest BCUT2D eigenvalue weighted by molar-refractivity contribution is 5.99. The number of piperidine rings is 1. The Hall–Kier alpha value is -1.20. The van der Waals surface area contributed by atoms with Crippen LogP contribution in [0.25, 0.3) is 0 Å². The van der Waals surface area contributed by atoms with E-state index in [1.54, 1.807) is 4.68 Å². The molecule has 1 aliphatic heterocycles. The van der Waals surface area contributed by atoms with E-state index in [2.05, 4.69) is 23.8 Å². The van der Waals surface area contributed by atoms with Gasteiger partial charge in [-0.3, -0.25) is 14.4 Å². The smallest absolute Gasteiger partial charge is 0.198 e. The number of carbonyl (C=O) groups is 1. The van der Waals surface area contributed by atoms with Gasteiger partial charge in [0.1, 0.15) is 5.69 Å². The molecule has 1 aliphatic rings. The van der Waals surface area contributed by atoms with Gasteiger partial charge in [-0.15, -0.1) is 0 Å². The van der Waals surface area contributed by atoms with Crippen molar-refractivity contribution in [1.82, 2.24) is 14.7 Å². The van der Waals surface area contributed by atoms with Crippen molar-refractivity contribution in [2.45, 2.75) is 45.7 Å². The molecule has 20 heavy (non-hydrogen) atoms. The Labute approximate surface area is 121 Å². The summed E-state index contributed by atoms with van der Waals surface area (Å²) in [6, 6.07) is 2.10. The van der Waals surface area contributed by atoms with Crippen molar-refractivity contribution in [3.8, 4) is 0 Å². The maximum absolute atomic E-state index is 12.9. The third kappa shape index (κ3) is 3.10. The van der Waals surface area contributed by atoms with Gasteiger partial charge in [0.2, 0.25) is 0 Å². The minimum Gasteiger partial charge on any atom is -0.328 e. The fourth-order valence-corrected chi connectivity index (χ4v) is 3.08. The first-order valence-electron chi connectivity index (χ1n) is 7.44. The molecule has 2 heterocycles. The van der Waals surface area contributed by atoms with Crippen LogP contribution < -0.4 is 5.73 Å². The van der Waals surface area contributed by atoms with E-state index in [-0.39, 0.29) is 23.8 Å². The number of ketones is 1. The van der Waals surface area contributed by atoms with Crippen molar-refractivity contribution in [2.75, 3.05) is 13.1 Å². The van der Waals surface area contributed by atoms with Crippen LogP contribution in [-0.2, 0) is 7.05 Å². The first-order chi connectivity index (χ1) is 9.40. The molecule has 1 aromatic heterocycles. The monoisotopic (exact) mass is 278 g/mol. The lowest BCUT2D eigenvalue weighted by atomic mass is 9.93. The first kappa shape index (κ1) is 15.2. The van der Waals surface area contributed by atoms with Gasteiger partial charge in [0, 0.05) is 26.2 Å². The Bertz CT molecular complexity index is 472. The lowest BCUT2D eigenvalue weighted by molar-refractivity contribution is 0.0677. The average molecular weight is 278 g/mol. The number of hydrogen-bond acceptors (Lipinski definition) is 4. The second kappa shape index (κ2) is 6.06. The lowest BCUT2D eigenvalue weighted by Crippen LogP contribution is -2.50. The van der Waals surface area contributed by atoms with Gasteiger partial charge in [0.05, 0.1) is 11.7 Å². The van der Waals surface area contributed by atoms with E-state index in [1.807, 2.05) is 20.0 Å². The van der Waals surface area contributed by atoms with E-state index < -0.39 is 0 Å². The van der Waals surface area contributed by atoms with Gasteiger partial charge < -0.3 is 5.73 Å². The maximum atomic E-state index is 12.9. The first-order valence-corrected chi connectivity index (χ1v) is 7.44. The molecular weight excluding hydrogens is 252 g/mol. The number of aromatic nitrogens is 2. The van der Waals surface area contributed by atoms with Crippen molar-refractivity contribution in [1.29, 1.82) is 0 Å². The summed E-state index contributed by atoms with van der Waals surface area (Å²) in [5.74, 6) is 0.464. The number of carbonyl (C=O) groups excluding carboxylic acids is 1. The predicted molar refractivity (Wildman–Crippen MR) is 79.7 cm³/mol. The lowest BCUT2D eigenvalue weighted by Gasteiger charge is -2.37. The van der Waals surface area contributed by atoms with Crippen LogP contribution in [0.4, 0.5) is 0 Å². The number of rotatable bonds is 4. The van der Waals surface area contributed by atoms with E-state index in [0.29, 0.717) is 5.69 Å². The molecule has 0 radical (unpaired) electrons. The maximum Gasteiger partial charge on any atom is 0.198 e. The highest BCUT2D eigenvalue weighted by Crippen LogP contribution is 2.21. The molecule has 0 saturated carbocycles. The normalized spacial score (nSPS) is 19.5. The summed E-state index contributed by atoms with van der Waals surface area (Å²) in [6.07, 6.45) is 1.95. The fraction of sp³-hybridized carbons (Fsp3) is 0.733. The molecule has 1 atom stereocenters. The van der Waals surface area contributed by atoms with Gasteiger partial charge >= 0.3 is 0 Å². The molecular formula is C15H26N4O. The molecule has 0 aliphatic carbocycles. The standard InChI is InChI=1S/C15H26N4O/c1-10(2)14(19-7-5-12(16)6-8-19)15(20)13-9-11(3)17-18(13)4/h9-10,12,14H,5-8,16H2,1-4H3. The number of nitrogens with zero attached hydrogens (tertiary/aromatic N) is 3. The minimum absolute atomic E-state index is 0.0719. The average Bonchev–Trinajstić information content (AvgIpc) is 2.70. The summed E-state index contributed by atoms with van der Waals surface area (Å²) in [6.45, 7) is 7.96. The van der Waals surface area contributed by atoms with Crippen molar-refractivity contribution >= 4 is 5.78 Å². The van der Waals surface area contributed by atoms with Gasteiger partial charge in [-0.2, -0.15) is 5.10 Å². The molecule has 1 saturated heterocycles. The van der Waals surface area contributed by atoms with Crippen LogP contribution in [0.5, 0.6) is 0 Å². The Morgan fingerprint density at radius 2 is 2.00 bits per heavy atom. The molecule has 0 bridgehead atoms. The highest BCUT2D eigenvalue weighted by Gasteiger charge is 2.33. The van der Waals surface area contributed by atoms with Crippen molar-refractivity contribution in [2.24, 2.45) is 18.7 Å². The number of Topliss-reactive ketones (excluding diaryl/α,β-unsaturated/α-hetero) is 1. The van der Waals surface area contributed by atoms with Gasteiger partial charge in [-0.1, -0.05) is 13.8 Å². The van der Waals surface area contributed by atoms with Gasteiger partial charge in [0.15, 0.2) is 5.78 Å². The number of likely N-dealkylation sites (tertiary alicyclic amines) is 1. The molecule has 2 N–H and O–H groups in total. The SMILES string of the molecule is Cc1cc(C(=O)C(C(C)C)N2CCC(N)CC2)n(C)n1. The topological polar surface area (TPSA) is 64.2 Å². The van der Waals surface area contributed by atoms with E-state index >= 15 is 0 Å². The van der Waals surface area contributed by atoms with E-state index in [1.165, 1.54) is 0 Å². The van der Waals surface area contributed by atoms with Crippen LogP contribution in [0.3, 0.4) is 0 Å². The molecule has 5 heteroatoms. The second-order valence-corrected chi connectivity index (χ2v) is 6.22. The van der Waals surface area contributed by atoms with Gasteiger partial charge in [-0.05, 0) is 31.7 Å². The Balaban J connectivity index is 2.20. The molecule has 0 spiro atoms. The molecule has 5 nitrogen and oxygen atoms in total. The summed E-state index contributed by atoms with van der Waals surface area (Å²) in [4.78, 5) is 15.2. The summed E-state index contributed by atoms with van der Waals surface area (Å²) in [7, 11) is 1.84. The number of nitrogens with two attached hydrogens (primary N) is 1. The van der Waals surface area contributed by atoms with E-state index in [4.69, 9.17) is 5.73 Å². The summed E-state index contributed by atoms with van der Waals surface area (Å²) in [5.41, 5.74) is 7.55. The van der Waals surface area contributed by atoms with Crippen LogP contribution in [0.15, 0.2) is 6.07 Å².